The summed E-state index contributed by atoms with van der Waals surface area (Å²) >= 11 is 0. The van der Waals surface area contributed by atoms with Gasteiger partial charge in [-0.1, -0.05) is 18.2 Å². The van der Waals surface area contributed by atoms with E-state index < -0.39 is 0 Å². The average Bonchev–Trinajstić information content (AvgIpc) is 1.94. The molecule has 0 aliphatic carbocycles. The molecule has 0 aromatic heterocycles. The summed E-state index contributed by atoms with van der Waals surface area (Å²) in [7, 11) is 0. The maximum absolute atomic E-state index is 11.8. The molecule has 0 unspecified atom stereocenters. The minimum atomic E-state index is -0.339. The number of hydrogen-bond acceptors (Lipinski definition) is 1. The van der Waals surface area contributed by atoms with Gasteiger partial charge in [-0.2, -0.15) is 0 Å². The van der Waals surface area contributed by atoms with E-state index in [1.165, 1.54) is 0 Å². The van der Waals surface area contributed by atoms with Crippen LogP contribution in [0, 0.1) is 0 Å². The number of anilines is 1. The lowest BCUT2D eigenvalue weighted by atomic mass is 10.1. The number of alkyl halides is 1. The Labute approximate surface area is 59.7 Å². The van der Waals surface area contributed by atoms with E-state index in [1.54, 1.807) is 6.07 Å². The summed E-state index contributed by atoms with van der Waals surface area (Å²) in [6, 6.07) is 7.33. The first-order valence-electron chi connectivity index (χ1n) is 3.24. The number of benzene rings is 1. The lowest BCUT2D eigenvalue weighted by Gasteiger charge is -1.99. The molecule has 0 spiro atoms. The minimum absolute atomic E-state index is 0.339. The normalized spacial score (nSPS) is 9.70. The standard InChI is InChI=1S/C8H10FN/c9-6-5-7-3-1-2-4-8(7)10/h1-4H,5-6,10H2. The first-order chi connectivity index (χ1) is 4.84. The summed E-state index contributed by atoms with van der Waals surface area (Å²) in [6.07, 6.45) is 0.423. The largest absolute Gasteiger partial charge is 0.399 e. The number of rotatable bonds is 2. The Kier molecular flexibility index (Phi) is 2.26. The summed E-state index contributed by atoms with van der Waals surface area (Å²) in [6.45, 7) is -0.339. The SMILES string of the molecule is Nc1ccccc1CCF. The Morgan fingerprint density at radius 3 is 2.60 bits per heavy atom. The van der Waals surface area contributed by atoms with Crippen LogP contribution in [0.4, 0.5) is 10.1 Å². The highest BCUT2D eigenvalue weighted by molar-refractivity contribution is 5.46. The van der Waals surface area contributed by atoms with Crippen molar-refractivity contribution in [2.45, 2.75) is 6.42 Å². The second-order valence-corrected chi connectivity index (χ2v) is 2.14. The highest BCUT2D eigenvalue weighted by Gasteiger charge is 1.94. The highest BCUT2D eigenvalue weighted by atomic mass is 19.1. The van der Waals surface area contributed by atoms with Gasteiger partial charge in [-0.25, -0.2) is 0 Å². The van der Waals surface area contributed by atoms with Crippen molar-refractivity contribution in [3.8, 4) is 0 Å². The van der Waals surface area contributed by atoms with Crippen molar-refractivity contribution in [3.63, 3.8) is 0 Å². The molecule has 0 radical (unpaired) electrons. The smallest absolute Gasteiger partial charge is 0.0935 e. The Morgan fingerprint density at radius 1 is 1.30 bits per heavy atom. The summed E-state index contributed by atoms with van der Waals surface area (Å²) in [4.78, 5) is 0. The molecule has 0 aliphatic rings. The Bertz CT molecular complexity index is 210. The summed E-state index contributed by atoms with van der Waals surface area (Å²) in [5.41, 5.74) is 7.11. The second-order valence-electron chi connectivity index (χ2n) is 2.14. The van der Waals surface area contributed by atoms with Crippen LogP contribution in [0.2, 0.25) is 0 Å². The zero-order valence-electron chi connectivity index (χ0n) is 5.68. The van der Waals surface area contributed by atoms with Crippen molar-refractivity contribution < 1.29 is 4.39 Å². The van der Waals surface area contributed by atoms with Crippen LogP contribution in [-0.4, -0.2) is 6.67 Å². The van der Waals surface area contributed by atoms with Crippen LogP contribution in [0.15, 0.2) is 24.3 Å². The van der Waals surface area contributed by atoms with Crippen molar-refractivity contribution in [1.29, 1.82) is 0 Å². The van der Waals surface area contributed by atoms with E-state index in [-0.39, 0.29) is 6.67 Å². The van der Waals surface area contributed by atoms with Gasteiger partial charge < -0.3 is 5.73 Å². The van der Waals surface area contributed by atoms with E-state index in [0.29, 0.717) is 12.1 Å². The fraction of sp³-hybridized carbons (Fsp3) is 0.250. The first kappa shape index (κ1) is 7.06. The van der Waals surface area contributed by atoms with Crippen LogP contribution >= 0.6 is 0 Å². The van der Waals surface area contributed by atoms with E-state index in [9.17, 15) is 4.39 Å². The lowest BCUT2D eigenvalue weighted by Crippen LogP contribution is -1.94. The zero-order chi connectivity index (χ0) is 7.40. The van der Waals surface area contributed by atoms with Crippen LogP contribution in [0.1, 0.15) is 5.56 Å². The van der Waals surface area contributed by atoms with Gasteiger partial charge in [-0.15, -0.1) is 0 Å². The quantitative estimate of drug-likeness (QED) is 0.621. The predicted octanol–water partition coefficient (Wildman–Crippen LogP) is 1.78. The number of nitrogen functional groups attached to an aromatic ring is 1. The van der Waals surface area contributed by atoms with Crippen molar-refractivity contribution in [3.05, 3.63) is 29.8 Å². The zero-order valence-corrected chi connectivity index (χ0v) is 5.68. The molecule has 0 saturated carbocycles. The lowest BCUT2D eigenvalue weighted by molar-refractivity contribution is 0.496. The van der Waals surface area contributed by atoms with Gasteiger partial charge >= 0.3 is 0 Å². The van der Waals surface area contributed by atoms with Gasteiger partial charge in [0, 0.05) is 12.1 Å². The summed E-state index contributed by atoms with van der Waals surface area (Å²) < 4.78 is 11.8. The third-order valence-electron chi connectivity index (χ3n) is 1.42. The topological polar surface area (TPSA) is 26.0 Å². The highest BCUT2D eigenvalue weighted by Crippen LogP contribution is 2.10. The van der Waals surface area contributed by atoms with Crippen LogP contribution < -0.4 is 5.73 Å². The molecule has 0 aliphatic heterocycles. The minimum Gasteiger partial charge on any atom is -0.399 e. The van der Waals surface area contributed by atoms with E-state index >= 15 is 0 Å². The molecule has 0 fully saturated rings. The second kappa shape index (κ2) is 3.20. The Hall–Kier alpha value is -1.05. The summed E-state index contributed by atoms with van der Waals surface area (Å²) in [5.74, 6) is 0. The van der Waals surface area contributed by atoms with Gasteiger partial charge in [0.2, 0.25) is 0 Å². The number of aryl methyl sites for hydroxylation is 1. The van der Waals surface area contributed by atoms with Crippen molar-refractivity contribution >= 4 is 5.69 Å². The molecule has 1 aromatic rings. The molecule has 2 heteroatoms. The van der Waals surface area contributed by atoms with Gasteiger partial charge in [-0.05, 0) is 11.6 Å². The molecule has 0 bridgehead atoms. The van der Waals surface area contributed by atoms with Crippen LogP contribution in [0.25, 0.3) is 0 Å². The molecule has 1 nitrogen and oxygen atoms in total. The first-order valence-corrected chi connectivity index (χ1v) is 3.24. The molecule has 1 rings (SSSR count). The number of nitrogens with two attached hydrogens (primary N) is 1. The third-order valence-corrected chi connectivity index (χ3v) is 1.42. The van der Waals surface area contributed by atoms with Gasteiger partial charge in [0.25, 0.3) is 0 Å². The van der Waals surface area contributed by atoms with Gasteiger partial charge in [0.15, 0.2) is 0 Å². The number of para-hydroxylation sites is 1. The average molecular weight is 139 g/mol. The summed E-state index contributed by atoms with van der Waals surface area (Å²) in [5, 5.41) is 0. The molecule has 0 heterocycles. The Morgan fingerprint density at radius 2 is 2.00 bits per heavy atom. The van der Waals surface area contributed by atoms with Crippen LogP contribution in [0.3, 0.4) is 0 Å². The molecular formula is C8H10FN. The maximum atomic E-state index is 11.8. The van der Waals surface area contributed by atoms with Gasteiger partial charge in [0.05, 0.1) is 6.67 Å². The molecule has 0 atom stereocenters. The van der Waals surface area contributed by atoms with Crippen molar-refractivity contribution in [1.82, 2.24) is 0 Å². The number of hydrogen-bond donors (Lipinski definition) is 1. The fourth-order valence-corrected chi connectivity index (χ4v) is 0.864. The number of halogens is 1. The maximum Gasteiger partial charge on any atom is 0.0935 e. The van der Waals surface area contributed by atoms with E-state index in [0.717, 1.165) is 5.56 Å². The molecule has 1 aromatic carbocycles. The van der Waals surface area contributed by atoms with E-state index in [2.05, 4.69) is 0 Å². The molecule has 0 saturated heterocycles. The third kappa shape index (κ3) is 1.47. The molecule has 2 N–H and O–H groups in total. The molecule has 0 amide bonds. The van der Waals surface area contributed by atoms with E-state index in [4.69, 9.17) is 5.73 Å². The van der Waals surface area contributed by atoms with Crippen LogP contribution in [0.5, 0.6) is 0 Å². The fourth-order valence-electron chi connectivity index (χ4n) is 0.864. The van der Waals surface area contributed by atoms with Gasteiger partial charge in [-0.3, -0.25) is 4.39 Å². The van der Waals surface area contributed by atoms with Gasteiger partial charge in [0.1, 0.15) is 0 Å². The molecule has 10 heavy (non-hydrogen) atoms. The van der Waals surface area contributed by atoms with E-state index in [1.807, 2.05) is 18.2 Å². The van der Waals surface area contributed by atoms with Crippen molar-refractivity contribution in [2.24, 2.45) is 0 Å². The molecular weight excluding hydrogens is 129 g/mol. The Balaban J connectivity index is 2.81. The monoisotopic (exact) mass is 139 g/mol. The molecule has 54 valence electrons. The predicted molar refractivity (Wildman–Crippen MR) is 40.5 cm³/mol. The van der Waals surface area contributed by atoms with Crippen molar-refractivity contribution in [2.75, 3.05) is 12.4 Å². The van der Waals surface area contributed by atoms with Crippen LogP contribution in [-0.2, 0) is 6.42 Å².